The number of Topliss-reactive ketones (excluding diaryl/α,β-unsaturated/α-hetero) is 1. The standard InChI is InChI=1S/C18H17N3O2S/c22-13-7-5-12(6-8-13)17(23)19-15-4-2-1-3-14(15)16-11-21-9-10-24-18(21)20-16/h1-4,9-12H,5-8H2,(H,19,23). The summed E-state index contributed by atoms with van der Waals surface area (Å²) in [7, 11) is 0. The Labute approximate surface area is 143 Å². The van der Waals surface area contributed by atoms with Crippen molar-refractivity contribution >= 4 is 33.7 Å². The zero-order valence-electron chi connectivity index (χ0n) is 13.1. The van der Waals surface area contributed by atoms with Crippen LogP contribution in [0.4, 0.5) is 5.69 Å². The molecule has 0 bridgehead atoms. The van der Waals surface area contributed by atoms with Gasteiger partial charge in [0.05, 0.1) is 11.4 Å². The lowest BCUT2D eigenvalue weighted by atomic mass is 9.88. The first-order valence-electron chi connectivity index (χ1n) is 8.05. The molecule has 6 heteroatoms. The third kappa shape index (κ3) is 2.85. The molecule has 1 aliphatic carbocycles. The fourth-order valence-corrected chi connectivity index (χ4v) is 3.81. The Morgan fingerprint density at radius 3 is 2.83 bits per heavy atom. The quantitative estimate of drug-likeness (QED) is 0.790. The number of anilines is 1. The van der Waals surface area contributed by atoms with Crippen LogP contribution in [-0.4, -0.2) is 21.1 Å². The van der Waals surface area contributed by atoms with Crippen LogP contribution in [0.25, 0.3) is 16.2 Å². The van der Waals surface area contributed by atoms with E-state index in [9.17, 15) is 9.59 Å². The van der Waals surface area contributed by atoms with Crippen molar-refractivity contribution in [1.82, 2.24) is 9.38 Å². The van der Waals surface area contributed by atoms with E-state index in [1.54, 1.807) is 11.3 Å². The average Bonchev–Trinajstić information content (AvgIpc) is 3.17. The van der Waals surface area contributed by atoms with E-state index in [1.807, 2.05) is 46.4 Å². The van der Waals surface area contributed by atoms with Crippen molar-refractivity contribution in [2.24, 2.45) is 5.92 Å². The number of hydrogen-bond acceptors (Lipinski definition) is 4. The summed E-state index contributed by atoms with van der Waals surface area (Å²) in [6, 6.07) is 7.71. The van der Waals surface area contributed by atoms with Gasteiger partial charge in [-0.3, -0.25) is 14.0 Å². The molecule has 2 heterocycles. The van der Waals surface area contributed by atoms with Crippen molar-refractivity contribution < 1.29 is 9.59 Å². The number of carbonyl (C=O) groups is 2. The highest BCUT2D eigenvalue weighted by Crippen LogP contribution is 2.30. The number of nitrogens with one attached hydrogen (secondary N) is 1. The van der Waals surface area contributed by atoms with Crippen molar-refractivity contribution in [2.45, 2.75) is 25.7 Å². The molecule has 0 spiro atoms. The van der Waals surface area contributed by atoms with Crippen LogP contribution >= 0.6 is 11.3 Å². The van der Waals surface area contributed by atoms with Crippen molar-refractivity contribution in [1.29, 1.82) is 0 Å². The van der Waals surface area contributed by atoms with Gasteiger partial charge >= 0.3 is 0 Å². The zero-order valence-corrected chi connectivity index (χ0v) is 13.9. The monoisotopic (exact) mass is 339 g/mol. The summed E-state index contributed by atoms with van der Waals surface area (Å²) in [5.74, 6) is 0.176. The maximum absolute atomic E-state index is 12.5. The number of rotatable bonds is 3. The number of nitrogens with zero attached hydrogens (tertiary/aromatic N) is 2. The van der Waals surface area contributed by atoms with Gasteiger partial charge in [-0.2, -0.15) is 0 Å². The molecule has 0 atom stereocenters. The molecule has 5 nitrogen and oxygen atoms in total. The number of carbonyl (C=O) groups excluding carboxylic acids is 2. The average molecular weight is 339 g/mol. The number of hydrogen-bond donors (Lipinski definition) is 1. The van der Waals surface area contributed by atoms with Crippen LogP contribution < -0.4 is 5.32 Å². The molecule has 0 unspecified atom stereocenters. The Hall–Kier alpha value is -2.47. The number of thiazole rings is 1. The van der Waals surface area contributed by atoms with Gasteiger partial charge in [0, 0.05) is 42.1 Å². The van der Waals surface area contributed by atoms with Gasteiger partial charge < -0.3 is 5.32 Å². The van der Waals surface area contributed by atoms with Crippen LogP contribution in [0.5, 0.6) is 0 Å². The number of para-hydroxylation sites is 1. The molecule has 2 aromatic heterocycles. The van der Waals surface area contributed by atoms with Crippen molar-refractivity contribution in [3.05, 3.63) is 42.0 Å². The third-order valence-corrected chi connectivity index (χ3v) is 5.24. The van der Waals surface area contributed by atoms with E-state index in [0.717, 1.165) is 21.9 Å². The Kier molecular flexibility index (Phi) is 3.90. The topological polar surface area (TPSA) is 63.5 Å². The molecule has 3 aromatic rings. The number of benzene rings is 1. The lowest BCUT2D eigenvalue weighted by Gasteiger charge is -2.20. The second kappa shape index (κ2) is 6.20. The minimum Gasteiger partial charge on any atom is -0.325 e. The van der Waals surface area contributed by atoms with E-state index in [4.69, 9.17) is 0 Å². The maximum atomic E-state index is 12.5. The van der Waals surface area contributed by atoms with Crippen LogP contribution in [0, 0.1) is 5.92 Å². The van der Waals surface area contributed by atoms with Crippen molar-refractivity contribution in [3.8, 4) is 11.3 Å². The number of imidazole rings is 1. The largest absolute Gasteiger partial charge is 0.325 e. The summed E-state index contributed by atoms with van der Waals surface area (Å²) in [5.41, 5.74) is 2.52. The number of aromatic nitrogens is 2. The summed E-state index contributed by atoms with van der Waals surface area (Å²) < 4.78 is 1.98. The molecule has 1 aliphatic rings. The van der Waals surface area contributed by atoms with E-state index in [0.29, 0.717) is 25.7 Å². The van der Waals surface area contributed by atoms with Gasteiger partial charge in [-0.05, 0) is 18.9 Å². The van der Waals surface area contributed by atoms with Gasteiger partial charge in [0.15, 0.2) is 4.96 Å². The molecule has 4 rings (SSSR count). The molecule has 1 amide bonds. The summed E-state index contributed by atoms with van der Waals surface area (Å²) in [4.78, 5) is 29.4. The van der Waals surface area contributed by atoms with Gasteiger partial charge in [-0.15, -0.1) is 11.3 Å². The molecule has 0 aliphatic heterocycles. The van der Waals surface area contributed by atoms with E-state index >= 15 is 0 Å². The number of fused-ring (bicyclic) bond motifs is 1. The first-order valence-corrected chi connectivity index (χ1v) is 8.93. The first-order chi connectivity index (χ1) is 11.7. The lowest BCUT2D eigenvalue weighted by molar-refractivity contribution is -0.125. The van der Waals surface area contributed by atoms with Gasteiger partial charge in [0.25, 0.3) is 0 Å². The Bertz CT molecular complexity index is 873. The van der Waals surface area contributed by atoms with Crippen LogP contribution in [0.1, 0.15) is 25.7 Å². The Balaban J connectivity index is 1.58. The van der Waals surface area contributed by atoms with Crippen LogP contribution in [0.15, 0.2) is 42.0 Å². The summed E-state index contributed by atoms with van der Waals surface area (Å²) in [6.07, 6.45) is 6.25. The van der Waals surface area contributed by atoms with Gasteiger partial charge in [-0.1, -0.05) is 18.2 Å². The van der Waals surface area contributed by atoms with E-state index in [-0.39, 0.29) is 17.6 Å². The van der Waals surface area contributed by atoms with Crippen LogP contribution in [0.2, 0.25) is 0 Å². The second-order valence-electron chi connectivity index (χ2n) is 6.07. The smallest absolute Gasteiger partial charge is 0.227 e. The fraction of sp³-hybridized carbons (Fsp3) is 0.278. The molecule has 1 aromatic carbocycles. The molecule has 122 valence electrons. The molecule has 1 N–H and O–H groups in total. The molecule has 0 radical (unpaired) electrons. The predicted molar refractivity (Wildman–Crippen MR) is 94.1 cm³/mol. The fourth-order valence-electron chi connectivity index (χ4n) is 3.11. The van der Waals surface area contributed by atoms with Gasteiger partial charge in [0.1, 0.15) is 5.78 Å². The molecule has 1 fully saturated rings. The number of amides is 1. The maximum Gasteiger partial charge on any atom is 0.227 e. The first kappa shape index (κ1) is 15.1. The highest BCUT2D eigenvalue weighted by atomic mass is 32.1. The highest BCUT2D eigenvalue weighted by molar-refractivity contribution is 7.15. The minimum absolute atomic E-state index is 0.00373. The van der Waals surface area contributed by atoms with Crippen LogP contribution in [0.3, 0.4) is 0 Å². The van der Waals surface area contributed by atoms with Crippen LogP contribution in [-0.2, 0) is 9.59 Å². The molecule has 1 saturated carbocycles. The Morgan fingerprint density at radius 2 is 2.04 bits per heavy atom. The van der Waals surface area contributed by atoms with Gasteiger partial charge in [0.2, 0.25) is 5.91 Å². The van der Waals surface area contributed by atoms with Crippen molar-refractivity contribution in [2.75, 3.05) is 5.32 Å². The third-order valence-electron chi connectivity index (χ3n) is 4.47. The summed E-state index contributed by atoms with van der Waals surface area (Å²) >= 11 is 1.58. The summed E-state index contributed by atoms with van der Waals surface area (Å²) in [6.45, 7) is 0. The van der Waals surface area contributed by atoms with Gasteiger partial charge in [-0.25, -0.2) is 4.98 Å². The molecule has 0 saturated heterocycles. The highest BCUT2D eigenvalue weighted by Gasteiger charge is 2.25. The molecular formula is C18H17N3O2S. The zero-order chi connectivity index (χ0) is 16.5. The Morgan fingerprint density at radius 1 is 1.25 bits per heavy atom. The molecule has 24 heavy (non-hydrogen) atoms. The van der Waals surface area contributed by atoms with Crippen molar-refractivity contribution in [3.63, 3.8) is 0 Å². The SMILES string of the molecule is O=C1CCC(C(=O)Nc2ccccc2-c2cn3ccsc3n2)CC1. The predicted octanol–water partition coefficient (Wildman–Crippen LogP) is 3.76. The second-order valence-corrected chi connectivity index (χ2v) is 6.94. The van der Waals surface area contributed by atoms with E-state index in [2.05, 4.69) is 10.3 Å². The minimum atomic E-state index is -0.0822. The van der Waals surface area contributed by atoms with E-state index in [1.165, 1.54) is 0 Å². The lowest BCUT2D eigenvalue weighted by Crippen LogP contribution is -2.27. The molecular weight excluding hydrogens is 322 g/mol. The number of ketones is 1. The van der Waals surface area contributed by atoms with E-state index < -0.39 is 0 Å². The summed E-state index contributed by atoms with van der Waals surface area (Å²) in [5, 5.41) is 5.02. The normalized spacial score (nSPS) is 15.8.